The predicted molar refractivity (Wildman–Crippen MR) is 73.9 cm³/mol. The molecule has 2 fully saturated rings. The monoisotopic (exact) mass is 475 g/mol. The molecule has 0 amide bonds. The van der Waals surface area contributed by atoms with Gasteiger partial charge >= 0.3 is 0 Å². The third-order valence-electron chi connectivity index (χ3n) is 4.96. The van der Waals surface area contributed by atoms with Crippen LogP contribution in [0.1, 0.15) is 64.7 Å². The van der Waals surface area contributed by atoms with Gasteiger partial charge in [-0.05, 0) is 55.9 Å². The van der Waals surface area contributed by atoms with Crippen molar-refractivity contribution in [1.29, 1.82) is 0 Å². The van der Waals surface area contributed by atoms with E-state index in [4.69, 9.17) is 0 Å². The van der Waals surface area contributed by atoms with Crippen molar-refractivity contribution >= 4 is 0 Å². The van der Waals surface area contributed by atoms with E-state index in [9.17, 15) is 0 Å². The van der Waals surface area contributed by atoms with Crippen LogP contribution in [-0.4, -0.2) is 13.1 Å². The zero-order valence-electron chi connectivity index (χ0n) is 12.1. The first kappa shape index (κ1) is 17.0. The SMILES string of the molecule is C[N-]NC1CCC(CC2CCC(C)CC2)CC1.[U]. The van der Waals surface area contributed by atoms with Gasteiger partial charge in [0.2, 0.25) is 0 Å². The van der Waals surface area contributed by atoms with Crippen molar-refractivity contribution in [1.82, 2.24) is 5.43 Å². The van der Waals surface area contributed by atoms with Gasteiger partial charge in [0.1, 0.15) is 0 Å². The molecule has 0 unspecified atom stereocenters. The number of nitrogens with zero attached hydrogens (tertiary/aromatic N) is 1. The Hall–Kier alpha value is 0.972. The minimum Gasteiger partial charge on any atom is -0.600 e. The molecule has 3 heteroatoms. The third-order valence-corrected chi connectivity index (χ3v) is 4.96. The summed E-state index contributed by atoms with van der Waals surface area (Å²) in [5.74, 6) is 3.07. The summed E-state index contributed by atoms with van der Waals surface area (Å²) in [4.78, 5) is 0. The summed E-state index contributed by atoms with van der Waals surface area (Å²) in [5.41, 5.74) is 7.30. The first-order chi connectivity index (χ1) is 8.28. The summed E-state index contributed by atoms with van der Waals surface area (Å²) in [6, 6.07) is 0.669. The van der Waals surface area contributed by atoms with Gasteiger partial charge in [0.05, 0.1) is 0 Å². The summed E-state index contributed by atoms with van der Waals surface area (Å²) in [7, 11) is 1.86. The first-order valence-electron chi connectivity index (χ1n) is 7.62. The zero-order valence-corrected chi connectivity index (χ0v) is 16.3. The van der Waals surface area contributed by atoms with Crippen molar-refractivity contribution in [3.05, 3.63) is 5.43 Å². The van der Waals surface area contributed by atoms with Crippen LogP contribution in [0.3, 0.4) is 0 Å². The Kier molecular flexibility index (Phi) is 8.52. The maximum atomic E-state index is 4.06. The molecule has 104 valence electrons. The van der Waals surface area contributed by atoms with Gasteiger partial charge in [-0.2, -0.15) is 7.05 Å². The Morgan fingerprint density at radius 1 is 0.889 bits per heavy atom. The molecule has 0 atom stereocenters. The van der Waals surface area contributed by atoms with Crippen LogP contribution in [0.4, 0.5) is 0 Å². The van der Waals surface area contributed by atoms with E-state index in [0.29, 0.717) is 6.04 Å². The molecule has 0 bridgehead atoms. The Labute approximate surface area is 137 Å². The van der Waals surface area contributed by atoms with E-state index in [0.717, 1.165) is 17.8 Å². The van der Waals surface area contributed by atoms with Gasteiger partial charge in [-0.1, -0.05) is 32.6 Å². The fourth-order valence-corrected chi connectivity index (χ4v) is 3.75. The second-order valence-electron chi connectivity index (χ2n) is 6.43. The molecular weight excluding hydrogens is 446 g/mol. The van der Waals surface area contributed by atoms with E-state index in [2.05, 4.69) is 17.8 Å². The predicted octanol–water partition coefficient (Wildman–Crippen LogP) is 4.27. The Balaban J connectivity index is 0.00000162. The number of hydrogen-bond donors (Lipinski definition) is 1. The minimum absolute atomic E-state index is 0. The average molecular weight is 475 g/mol. The van der Waals surface area contributed by atoms with Crippen LogP contribution in [0.2, 0.25) is 0 Å². The van der Waals surface area contributed by atoms with Crippen LogP contribution >= 0.6 is 0 Å². The number of nitrogens with one attached hydrogen (secondary N) is 1. The van der Waals surface area contributed by atoms with Crippen molar-refractivity contribution in [2.24, 2.45) is 17.8 Å². The Morgan fingerprint density at radius 2 is 1.39 bits per heavy atom. The van der Waals surface area contributed by atoms with E-state index in [1.807, 2.05) is 7.05 Å². The summed E-state index contributed by atoms with van der Waals surface area (Å²) in [6.07, 6.45) is 13.0. The van der Waals surface area contributed by atoms with Gasteiger partial charge < -0.3 is 10.9 Å². The van der Waals surface area contributed by atoms with Crippen LogP contribution in [0.5, 0.6) is 0 Å². The van der Waals surface area contributed by atoms with Gasteiger partial charge in [-0.15, -0.1) is 0 Å². The molecule has 2 rings (SSSR count). The van der Waals surface area contributed by atoms with Crippen LogP contribution in [0.15, 0.2) is 0 Å². The molecule has 1 N–H and O–H groups in total. The summed E-state index contributed by atoms with van der Waals surface area (Å²) < 4.78 is 0. The van der Waals surface area contributed by atoms with E-state index < -0.39 is 0 Å². The van der Waals surface area contributed by atoms with Crippen molar-refractivity contribution in [3.8, 4) is 0 Å². The molecule has 0 aromatic rings. The zero-order chi connectivity index (χ0) is 12.1. The molecule has 2 saturated carbocycles. The third kappa shape index (κ3) is 5.53. The topological polar surface area (TPSA) is 26.1 Å². The van der Waals surface area contributed by atoms with E-state index in [1.165, 1.54) is 57.8 Å². The maximum absolute atomic E-state index is 4.06. The van der Waals surface area contributed by atoms with Crippen molar-refractivity contribution in [2.45, 2.75) is 70.8 Å². The van der Waals surface area contributed by atoms with Gasteiger partial charge in [0, 0.05) is 31.1 Å². The number of hydrogen-bond acceptors (Lipinski definition) is 1. The molecule has 0 aliphatic heterocycles. The summed E-state index contributed by atoms with van der Waals surface area (Å²) in [5, 5.41) is 0. The van der Waals surface area contributed by atoms with Crippen LogP contribution in [0, 0.1) is 48.9 Å². The van der Waals surface area contributed by atoms with Gasteiger partial charge in [-0.25, -0.2) is 0 Å². The smallest absolute Gasteiger partial charge is 0 e. The molecule has 18 heavy (non-hydrogen) atoms. The summed E-state index contributed by atoms with van der Waals surface area (Å²) in [6.45, 7) is 2.42. The molecule has 2 aliphatic carbocycles. The second-order valence-corrected chi connectivity index (χ2v) is 6.43. The van der Waals surface area contributed by atoms with Gasteiger partial charge in [-0.3, -0.25) is 0 Å². The molecule has 0 spiro atoms. The minimum atomic E-state index is 0. The average Bonchev–Trinajstić information content (AvgIpc) is 2.35. The number of rotatable bonds is 4. The fourth-order valence-electron chi connectivity index (χ4n) is 3.75. The largest absolute Gasteiger partial charge is 0.600 e. The Morgan fingerprint density at radius 3 is 1.89 bits per heavy atom. The molecule has 2 aliphatic rings. The van der Waals surface area contributed by atoms with Crippen molar-refractivity contribution in [3.63, 3.8) is 0 Å². The van der Waals surface area contributed by atoms with Crippen LogP contribution in [0.25, 0.3) is 5.43 Å². The molecule has 2 nitrogen and oxygen atoms in total. The van der Waals surface area contributed by atoms with Crippen LogP contribution < -0.4 is 5.43 Å². The molecule has 0 heterocycles. The molecule has 0 aromatic heterocycles. The Bertz CT molecular complexity index is 207. The van der Waals surface area contributed by atoms with E-state index >= 15 is 0 Å². The van der Waals surface area contributed by atoms with Crippen molar-refractivity contribution < 1.29 is 31.1 Å². The molecular formula is C15H29N2U-. The van der Waals surface area contributed by atoms with E-state index in [1.54, 1.807) is 0 Å². The first-order valence-corrected chi connectivity index (χ1v) is 7.62. The summed E-state index contributed by atoms with van der Waals surface area (Å²) >= 11 is 0. The normalized spacial score (nSPS) is 37.0. The maximum Gasteiger partial charge on any atom is 0 e. The second kappa shape index (κ2) is 9.01. The quantitative estimate of drug-likeness (QED) is 0.604. The van der Waals surface area contributed by atoms with E-state index in [-0.39, 0.29) is 31.1 Å². The van der Waals surface area contributed by atoms with Crippen molar-refractivity contribution in [2.75, 3.05) is 7.05 Å². The van der Waals surface area contributed by atoms with Crippen LogP contribution in [-0.2, 0) is 0 Å². The molecule has 0 radical (unpaired) electrons. The van der Waals surface area contributed by atoms with Gasteiger partial charge in [0.25, 0.3) is 0 Å². The van der Waals surface area contributed by atoms with Gasteiger partial charge in [0.15, 0.2) is 0 Å². The fraction of sp³-hybridized carbons (Fsp3) is 1.00. The standard InChI is InChI=1S/C15H29N2.U/c1-12-3-5-13(6-4-12)11-14-7-9-15(10-8-14)17-16-2;/h12-15,17H,3-11H2,1-2H3;/q-1;. The molecule has 0 saturated heterocycles. The molecule has 0 aromatic carbocycles.